The van der Waals surface area contributed by atoms with Crippen LogP contribution in [0.4, 0.5) is 0 Å². The van der Waals surface area contributed by atoms with Gasteiger partial charge in [-0.05, 0) is 23.8 Å². The largest absolute Gasteiger partial charge is 0.464 e. The van der Waals surface area contributed by atoms with Gasteiger partial charge in [0.2, 0.25) is 0 Å². The monoisotopic (exact) mass is 187 g/mol. The highest BCUT2D eigenvalue weighted by molar-refractivity contribution is 5.77. The average Bonchev–Trinajstić information content (AvgIpc) is 2.64. The van der Waals surface area contributed by atoms with E-state index in [2.05, 4.69) is 0 Å². The van der Waals surface area contributed by atoms with Gasteiger partial charge >= 0.3 is 0 Å². The number of aliphatic hydroxyl groups excluding tert-OH is 1. The number of nitriles is 1. The van der Waals surface area contributed by atoms with Gasteiger partial charge in [0.05, 0.1) is 24.9 Å². The van der Waals surface area contributed by atoms with E-state index in [9.17, 15) is 5.11 Å². The fraction of sp³-hybridized carbons (Fsp3) is 0.182. The summed E-state index contributed by atoms with van der Waals surface area (Å²) in [7, 11) is 0. The Labute approximate surface area is 81.2 Å². The molecular formula is C11H9NO2. The molecule has 3 heteroatoms. The van der Waals surface area contributed by atoms with Crippen molar-refractivity contribution in [3.8, 4) is 6.07 Å². The molecule has 0 radical (unpaired) electrons. The SMILES string of the molecule is N#CCC(O)c1ccc2occc2c1. The number of benzene rings is 1. The van der Waals surface area contributed by atoms with Crippen LogP contribution in [0.25, 0.3) is 11.0 Å². The van der Waals surface area contributed by atoms with Gasteiger partial charge < -0.3 is 9.52 Å². The summed E-state index contributed by atoms with van der Waals surface area (Å²) in [6, 6.07) is 9.17. The molecule has 1 aromatic carbocycles. The molecule has 0 amide bonds. The Morgan fingerprint density at radius 3 is 3.07 bits per heavy atom. The fourth-order valence-corrected chi connectivity index (χ4v) is 1.40. The van der Waals surface area contributed by atoms with E-state index in [0.717, 1.165) is 16.5 Å². The highest BCUT2D eigenvalue weighted by Crippen LogP contribution is 2.22. The molecule has 14 heavy (non-hydrogen) atoms. The molecule has 0 bridgehead atoms. The van der Waals surface area contributed by atoms with Crippen molar-refractivity contribution in [3.63, 3.8) is 0 Å². The molecule has 1 atom stereocenters. The van der Waals surface area contributed by atoms with Gasteiger partial charge in [0, 0.05) is 5.39 Å². The van der Waals surface area contributed by atoms with Crippen molar-refractivity contribution in [3.05, 3.63) is 36.1 Å². The maximum atomic E-state index is 9.56. The molecule has 0 spiro atoms. The van der Waals surface area contributed by atoms with E-state index in [1.807, 2.05) is 18.2 Å². The molecule has 70 valence electrons. The van der Waals surface area contributed by atoms with Crippen molar-refractivity contribution in [2.45, 2.75) is 12.5 Å². The Balaban J connectivity index is 2.39. The van der Waals surface area contributed by atoms with Crippen LogP contribution in [0.5, 0.6) is 0 Å². The molecule has 3 nitrogen and oxygen atoms in total. The average molecular weight is 187 g/mol. The maximum absolute atomic E-state index is 9.56. The van der Waals surface area contributed by atoms with Gasteiger partial charge in [-0.1, -0.05) is 6.07 Å². The summed E-state index contributed by atoms with van der Waals surface area (Å²) in [5, 5.41) is 19.0. The number of hydrogen-bond donors (Lipinski definition) is 1. The Morgan fingerprint density at radius 1 is 1.43 bits per heavy atom. The zero-order chi connectivity index (χ0) is 9.97. The van der Waals surface area contributed by atoms with Gasteiger partial charge in [0.1, 0.15) is 5.58 Å². The molecule has 0 fully saturated rings. The molecule has 1 heterocycles. The molecule has 0 saturated heterocycles. The molecule has 1 N–H and O–H groups in total. The van der Waals surface area contributed by atoms with Crippen LogP contribution < -0.4 is 0 Å². The van der Waals surface area contributed by atoms with Gasteiger partial charge in [-0.15, -0.1) is 0 Å². The molecular weight excluding hydrogens is 178 g/mol. The summed E-state index contributed by atoms with van der Waals surface area (Å²) in [5.41, 5.74) is 1.54. The lowest BCUT2D eigenvalue weighted by molar-refractivity contribution is 0.183. The molecule has 0 aliphatic rings. The Kier molecular flexibility index (Phi) is 2.21. The van der Waals surface area contributed by atoms with Crippen LogP contribution in [0.3, 0.4) is 0 Å². The zero-order valence-corrected chi connectivity index (χ0v) is 7.47. The normalized spacial score (nSPS) is 12.6. The predicted molar refractivity (Wildman–Crippen MR) is 51.4 cm³/mol. The highest BCUT2D eigenvalue weighted by atomic mass is 16.3. The third kappa shape index (κ3) is 1.48. The van der Waals surface area contributed by atoms with E-state index in [1.165, 1.54) is 0 Å². The fourth-order valence-electron chi connectivity index (χ4n) is 1.40. The van der Waals surface area contributed by atoms with E-state index >= 15 is 0 Å². The lowest BCUT2D eigenvalue weighted by atomic mass is 10.1. The molecule has 0 aliphatic heterocycles. The first-order valence-corrected chi connectivity index (χ1v) is 4.33. The molecule has 2 aromatic rings. The maximum Gasteiger partial charge on any atom is 0.133 e. The molecule has 0 saturated carbocycles. The van der Waals surface area contributed by atoms with E-state index in [1.54, 1.807) is 18.4 Å². The van der Waals surface area contributed by atoms with Gasteiger partial charge in [-0.3, -0.25) is 0 Å². The zero-order valence-electron chi connectivity index (χ0n) is 7.47. The van der Waals surface area contributed by atoms with Gasteiger partial charge in [-0.2, -0.15) is 5.26 Å². The Hall–Kier alpha value is -1.79. The minimum Gasteiger partial charge on any atom is -0.464 e. The summed E-state index contributed by atoms with van der Waals surface area (Å²) in [5.74, 6) is 0. The topological polar surface area (TPSA) is 57.2 Å². The van der Waals surface area contributed by atoms with Crippen molar-refractivity contribution in [2.75, 3.05) is 0 Å². The van der Waals surface area contributed by atoms with E-state index in [-0.39, 0.29) is 6.42 Å². The van der Waals surface area contributed by atoms with Crippen LogP contribution in [-0.4, -0.2) is 5.11 Å². The highest BCUT2D eigenvalue weighted by Gasteiger charge is 2.07. The predicted octanol–water partition coefficient (Wildman–Crippen LogP) is 2.38. The number of fused-ring (bicyclic) bond motifs is 1. The number of hydrogen-bond acceptors (Lipinski definition) is 3. The first-order valence-electron chi connectivity index (χ1n) is 4.33. The van der Waals surface area contributed by atoms with Crippen LogP contribution in [0.1, 0.15) is 18.1 Å². The minimum atomic E-state index is -0.709. The lowest BCUT2D eigenvalue weighted by Crippen LogP contribution is -1.94. The molecule has 2 rings (SSSR count). The Bertz CT molecular complexity index is 481. The standard InChI is InChI=1S/C11H9NO2/c12-5-3-10(13)8-1-2-11-9(7-8)4-6-14-11/h1-2,4,6-7,10,13H,3H2. The van der Waals surface area contributed by atoms with Crippen molar-refractivity contribution >= 4 is 11.0 Å². The van der Waals surface area contributed by atoms with Crippen molar-refractivity contribution in [1.29, 1.82) is 5.26 Å². The van der Waals surface area contributed by atoms with E-state index in [0.29, 0.717) is 0 Å². The van der Waals surface area contributed by atoms with Gasteiger partial charge in [0.15, 0.2) is 0 Å². The van der Waals surface area contributed by atoms with Gasteiger partial charge in [-0.25, -0.2) is 0 Å². The summed E-state index contributed by atoms with van der Waals surface area (Å²) in [6.45, 7) is 0. The van der Waals surface area contributed by atoms with Crippen molar-refractivity contribution < 1.29 is 9.52 Å². The summed E-state index contributed by atoms with van der Waals surface area (Å²) < 4.78 is 5.17. The van der Waals surface area contributed by atoms with E-state index < -0.39 is 6.10 Å². The summed E-state index contributed by atoms with van der Waals surface area (Å²) >= 11 is 0. The van der Waals surface area contributed by atoms with Crippen LogP contribution in [0, 0.1) is 11.3 Å². The Morgan fingerprint density at radius 2 is 2.29 bits per heavy atom. The lowest BCUT2D eigenvalue weighted by Gasteiger charge is -2.05. The number of aliphatic hydroxyl groups is 1. The van der Waals surface area contributed by atoms with E-state index in [4.69, 9.17) is 9.68 Å². The third-order valence-electron chi connectivity index (χ3n) is 2.15. The quantitative estimate of drug-likeness (QED) is 0.785. The van der Waals surface area contributed by atoms with Crippen LogP contribution >= 0.6 is 0 Å². The minimum absolute atomic E-state index is 0.114. The number of furan rings is 1. The summed E-state index contributed by atoms with van der Waals surface area (Å²) in [6.07, 6.45) is 1.01. The van der Waals surface area contributed by atoms with Crippen molar-refractivity contribution in [1.82, 2.24) is 0 Å². The number of nitrogens with zero attached hydrogens (tertiary/aromatic N) is 1. The molecule has 1 aromatic heterocycles. The van der Waals surface area contributed by atoms with Crippen LogP contribution in [0.2, 0.25) is 0 Å². The summed E-state index contributed by atoms with van der Waals surface area (Å²) in [4.78, 5) is 0. The number of rotatable bonds is 2. The van der Waals surface area contributed by atoms with Crippen molar-refractivity contribution in [2.24, 2.45) is 0 Å². The van der Waals surface area contributed by atoms with Gasteiger partial charge in [0.25, 0.3) is 0 Å². The molecule has 0 aliphatic carbocycles. The second kappa shape index (κ2) is 3.52. The van der Waals surface area contributed by atoms with Crippen LogP contribution in [-0.2, 0) is 0 Å². The first kappa shape index (κ1) is 8.79. The van der Waals surface area contributed by atoms with Crippen LogP contribution in [0.15, 0.2) is 34.9 Å². The smallest absolute Gasteiger partial charge is 0.133 e. The second-order valence-corrected chi connectivity index (χ2v) is 3.10. The first-order chi connectivity index (χ1) is 6.81. The molecule has 1 unspecified atom stereocenters. The second-order valence-electron chi connectivity index (χ2n) is 3.10. The third-order valence-corrected chi connectivity index (χ3v) is 2.15.